The Balaban J connectivity index is 1.47. The highest BCUT2D eigenvalue weighted by Crippen LogP contribution is 2.41. The maximum absolute atomic E-state index is 6.12. The second-order valence-electron chi connectivity index (χ2n) is 6.93. The first-order valence-corrected chi connectivity index (χ1v) is 8.72. The van der Waals surface area contributed by atoms with Gasteiger partial charge in [0.25, 0.3) is 0 Å². The van der Waals surface area contributed by atoms with Crippen molar-refractivity contribution in [3.63, 3.8) is 0 Å². The lowest BCUT2D eigenvalue weighted by Gasteiger charge is -2.50. The topological polar surface area (TPSA) is 47.7 Å². The highest BCUT2D eigenvalue weighted by atomic mass is 16.5. The van der Waals surface area contributed by atoms with Gasteiger partial charge in [0, 0.05) is 43.4 Å². The number of hydrogen-bond donors (Lipinski definition) is 0. The van der Waals surface area contributed by atoms with Crippen molar-refractivity contribution in [1.82, 2.24) is 9.88 Å². The lowest BCUT2D eigenvalue weighted by molar-refractivity contribution is -0.140. The van der Waals surface area contributed by atoms with Crippen LogP contribution in [0.25, 0.3) is 0 Å². The number of furan rings is 1. The fourth-order valence-corrected chi connectivity index (χ4v) is 4.03. The van der Waals surface area contributed by atoms with Crippen LogP contribution in [-0.4, -0.2) is 42.3 Å². The summed E-state index contributed by atoms with van der Waals surface area (Å²) in [6, 6.07) is 5.92. The van der Waals surface area contributed by atoms with Gasteiger partial charge < -0.3 is 13.9 Å². The van der Waals surface area contributed by atoms with Gasteiger partial charge in [0.05, 0.1) is 31.4 Å². The summed E-state index contributed by atoms with van der Waals surface area (Å²) in [5.41, 5.74) is 1.30. The summed E-state index contributed by atoms with van der Waals surface area (Å²) >= 11 is 0. The zero-order chi connectivity index (χ0) is 16.2. The molecule has 5 heteroatoms. The van der Waals surface area contributed by atoms with Crippen LogP contribution in [0.15, 0.2) is 47.5 Å². The van der Waals surface area contributed by atoms with Gasteiger partial charge in [0.2, 0.25) is 0 Å². The van der Waals surface area contributed by atoms with E-state index < -0.39 is 0 Å². The molecule has 2 aromatic heterocycles. The van der Waals surface area contributed by atoms with Gasteiger partial charge in [-0.3, -0.25) is 9.88 Å². The van der Waals surface area contributed by atoms with Crippen LogP contribution in [0.5, 0.6) is 5.75 Å². The molecule has 4 rings (SSSR count). The predicted octanol–water partition coefficient (Wildman–Crippen LogP) is 3.12. The minimum atomic E-state index is 0.0656. The van der Waals surface area contributed by atoms with Gasteiger partial charge in [0.1, 0.15) is 5.75 Å². The first-order chi connectivity index (χ1) is 11.8. The molecule has 0 aliphatic carbocycles. The molecule has 2 unspecified atom stereocenters. The van der Waals surface area contributed by atoms with Crippen LogP contribution in [0.1, 0.15) is 24.8 Å². The summed E-state index contributed by atoms with van der Waals surface area (Å²) in [5, 5.41) is 0. The molecule has 4 heterocycles. The summed E-state index contributed by atoms with van der Waals surface area (Å²) in [6.45, 7) is 4.55. The Hall–Kier alpha value is -1.85. The van der Waals surface area contributed by atoms with E-state index in [9.17, 15) is 0 Å². The van der Waals surface area contributed by atoms with Crippen molar-refractivity contribution in [3.05, 3.63) is 48.7 Å². The van der Waals surface area contributed by atoms with Crippen molar-refractivity contribution < 1.29 is 13.9 Å². The van der Waals surface area contributed by atoms with E-state index in [4.69, 9.17) is 13.9 Å². The molecule has 0 aromatic carbocycles. The van der Waals surface area contributed by atoms with Crippen LogP contribution < -0.4 is 4.74 Å². The summed E-state index contributed by atoms with van der Waals surface area (Å²) < 4.78 is 17.4. The van der Waals surface area contributed by atoms with Crippen LogP contribution >= 0.6 is 0 Å². The Morgan fingerprint density at radius 3 is 3.21 bits per heavy atom. The molecule has 2 aromatic rings. The Bertz CT molecular complexity index is 631. The number of ether oxygens (including phenoxy) is 2. The van der Waals surface area contributed by atoms with Gasteiger partial charge in [-0.1, -0.05) is 0 Å². The highest BCUT2D eigenvalue weighted by molar-refractivity contribution is 5.16. The minimum Gasteiger partial charge on any atom is -0.491 e. The summed E-state index contributed by atoms with van der Waals surface area (Å²) in [7, 11) is 0. The fraction of sp³-hybridized carbons (Fsp3) is 0.526. The van der Waals surface area contributed by atoms with Crippen molar-refractivity contribution in [3.8, 4) is 5.75 Å². The van der Waals surface area contributed by atoms with E-state index in [1.807, 2.05) is 24.5 Å². The zero-order valence-corrected chi connectivity index (χ0v) is 13.9. The number of pyridine rings is 1. The molecule has 0 bridgehead atoms. The average Bonchev–Trinajstić information content (AvgIpc) is 3.14. The molecule has 2 fully saturated rings. The number of fused-ring (bicyclic) bond motifs is 1. The van der Waals surface area contributed by atoms with E-state index >= 15 is 0 Å². The number of nitrogens with zero attached hydrogens (tertiary/aromatic N) is 2. The quantitative estimate of drug-likeness (QED) is 0.844. The lowest BCUT2D eigenvalue weighted by atomic mass is 9.73. The molecular weight excluding hydrogens is 304 g/mol. The van der Waals surface area contributed by atoms with E-state index in [2.05, 4.69) is 9.88 Å². The molecule has 0 N–H and O–H groups in total. The van der Waals surface area contributed by atoms with Crippen LogP contribution in [0.4, 0.5) is 0 Å². The zero-order valence-electron chi connectivity index (χ0n) is 13.9. The van der Waals surface area contributed by atoms with Crippen molar-refractivity contribution in [2.45, 2.75) is 31.9 Å². The van der Waals surface area contributed by atoms with Gasteiger partial charge in [-0.25, -0.2) is 0 Å². The molecule has 0 amide bonds. The number of piperidine rings is 1. The van der Waals surface area contributed by atoms with E-state index in [1.165, 1.54) is 5.56 Å². The van der Waals surface area contributed by atoms with Crippen molar-refractivity contribution >= 4 is 0 Å². The Labute approximate surface area is 142 Å². The van der Waals surface area contributed by atoms with Gasteiger partial charge in [0.15, 0.2) is 0 Å². The van der Waals surface area contributed by atoms with Crippen LogP contribution in [0.2, 0.25) is 0 Å². The standard InChI is InChI=1S/C19H24N2O3/c1-3-17(11-20-7-1)24-15-19-6-2-9-23-18(19)4-8-21(14-19)12-16-5-10-22-13-16/h1,3,5,7,10-11,13,18H,2,4,6,8-9,12,14-15H2. The number of aromatic nitrogens is 1. The predicted molar refractivity (Wildman–Crippen MR) is 89.7 cm³/mol. The normalized spacial score (nSPS) is 27.6. The van der Waals surface area contributed by atoms with Crippen LogP contribution in [0.3, 0.4) is 0 Å². The number of rotatable bonds is 5. The SMILES string of the molecule is c1cncc(OCC23CCCOC2CCN(Cc2ccoc2)C3)c1. The minimum absolute atomic E-state index is 0.0656. The lowest BCUT2D eigenvalue weighted by Crippen LogP contribution is -2.57. The highest BCUT2D eigenvalue weighted by Gasteiger charge is 2.46. The molecular formula is C19H24N2O3. The molecule has 2 aliphatic heterocycles. The molecule has 128 valence electrons. The second-order valence-corrected chi connectivity index (χ2v) is 6.93. The molecule has 2 aliphatic rings. The van der Waals surface area contributed by atoms with Crippen LogP contribution in [-0.2, 0) is 11.3 Å². The maximum atomic E-state index is 6.12. The first-order valence-electron chi connectivity index (χ1n) is 8.72. The fourth-order valence-electron chi connectivity index (χ4n) is 4.03. The van der Waals surface area contributed by atoms with Gasteiger partial charge in [-0.15, -0.1) is 0 Å². The van der Waals surface area contributed by atoms with E-state index in [1.54, 1.807) is 18.7 Å². The Morgan fingerprint density at radius 1 is 1.38 bits per heavy atom. The van der Waals surface area contributed by atoms with Gasteiger partial charge in [-0.05, 0) is 37.5 Å². The third-order valence-electron chi connectivity index (χ3n) is 5.21. The molecule has 2 atom stereocenters. The summed E-state index contributed by atoms with van der Waals surface area (Å²) in [4.78, 5) is 6.64. The Morgan fingerprint density at radius 2 is 2.38 bits per heavy atom. The third-order valence-corrected chi connectivity index (χ3v) is 5.21. The van der Waals surface area contributed by atoms with E-state index in [-0.39, 0.29) is 5.41 Å². The molecule has 24 heavy (non-hydrogen) atoms. The van der Waals surface area contributed by atoms with Crippen molar-refractivity contribution in [1.29, 1.82) is 0 Å². The maximum Gasteiger partial charge on any atom is 0.137 e. The molecule has 0 radical (unpaired) electrons. The molecule has 5 nitrogen and oxygen atoms in total. The molecule has 0 spiro atoms. The molecule has 0 saturated carbocycles. The monoisotopic (exact) mass is 328 g/mol. The van der Waals surface area contributed by atoms with Gasteiger partial charge >= 0.3 is 0 Å². The van der Waals surface area contributed by atoms with Gasteiger partial charge in [-0.2, -0.15) is 0 Å². The second kappa shape index (κ2) is 6.95. The number of hydrogen-bond acceptors (Lipinski definition) is 5. The van der Waals surface area contributed by atoms with Crippen molar-refractivity contribution in [2.75, 3.05) is 26.3 Å². The first kappa shape index (κ1) is 15.7. The average molecular weight is 328 g/mol. The Kier molecular flexibility index (Phi) is 4.54. The van der Waals surface area contributed by atoms with E-state index in [0.29, 0.717) is 12.7 Å². The van der Waals surface area contributed by atoms with Crippen molar-refractivity contribution in [2.24, 2.45) is 5.41 Å². The van der Waals surface area contributed by atoms with Crippen LogP contribution in [0, 0.1) is 5.41 Å². The summed E-state index contributed by atoms with van der Waals surface area (Å²) in [5.74, 6) is 0.836. The summed E-state index contributed by atoms with van der Waals surface area (Å²) in [6.07, 6.45) is 10.7. The largest absolute Gasteiger partial charge is 0.491 e. The number of likely N-dealkylation sites (tertiary alicyclic amines) is 1. The smallest absolute Gasteiger partial charge is 0.137 e. The van der Waals surface area contributed by atoms with E-state index in [0.717, 1.165) is 51.3 Å². The third kappa shape index (κ3) is 3.32. The molecule has 2 saturated heterocycles.